The van der Waals surface area contributed by atoms with Crippen molar-refractivity contribution in [2.45, 2.75) is 26.2 Å². The van der Waals surface area contributed by atoms with Crippen molar-refractivity contribution in [1.82, 2.24) is 0 Å². The highest BCUT2D eigenvalue weighted by molar-refractivity contribution is 6.04. The van der Waals surface area contributed by atoms with Gasteiger partial charge in [-0.05, 0) is 44.5 Å². The van der Waals surface area contributed by atoms with E-state index in [0.29, 0.717) is 0 Å². The van der Waals surface area contributed by atoms with Gasteiger partial charge in [-0.25, -0.2) is 0 Å². The van der Waals surface area contributed by atoms with Crippen LogP contribution in [0.3, 0.4) is 0 Å². The molecule has 0 unspecified atom stereocenters. The summed E-state index contributed by atoms with van der Waals surface area (Å²) in [7, 11) is 1.73. The topological polar surface area (TPSA) is 9.23 Å². The van der Waals surface area contributed by atoms with Gasteiger partial charge in [0, 0.05) is 5.56 Å². The van der Waals surface area contributed by atoms with Gasteiger partial charge in [-0.2, -0.15) is 0 Å². The van der Waals surface area contributed by atoms with Crippen LogP contribution in [-0.2, 0) is 5.41 Å². The second-order valence-corrected chi connectivity index (χ2v) is 8.24. The molecule has 0 saturated carbocycles. The van der Waals surface area contributed by atoms with Crippen molar-refractivity contribution in [3.8, 4) is 28.0 Å². The highest BCUT2D eigenvalue weighted by Gasteiger charge is 2.17. The molecule has 4 rings (SSSR count). The summed E-state index contributed by atoms with van der Waals surface area (Å²) in [6, 6.07) is 30.3. The van der Waals surface area contributed by atoms with Gasteiger partial charge in [0.05, 0.1) is 7.11 Å². The fraction of sp³-hybridized carbons (Fsp3) is 0.185. The van der Waals surface area contributed by atoms with Crippen LogP contribution in [0.15, 0.2) is 84.9 Å². The molecule has 0 spiro atoms. The molecule has 0 fully saturated rings. The van der Waals surface area contributed by atoms with Gasteiger partial charge in [-0.3, -0.25) is 0 Å². The van der Waals surface area contributed by atoms with Gasteiger partial charge in [0.1, 0.15) is 5.75 Å². The van der Waals surface area contributed by atoms with E-state index in [0.717, 1.165) is 11.3 Å². The first-order valence-corrected chi connectivity index (χ1v) is 9.75. The molecule has 0 N–H and O–H groups in total. The van der Waals surface area contributed by atoms with Crippen LogP contribution in [0.2, 0.25) is 0 Å². The number of benzene rings is 4. The Morgan fingerprint density at radius 1 is 0.643 bits per heavy atom. The normalized spacial score (nSPS) is 11.6. The molecular formula is C27H26O. The van der Waals surface area contributed by atoms with E-state index in [1.807, 2.05) is 12.1 Å². The highest BCUT2D eigenvalue weighted by Crippen LogP contribution is 2.41. The number of hydrogen-bond acceptors (Lipinski definition) is 1. The Hall–Kier alpha value is -3.06. The summed E-state index contributed by atoms with van der Waals surface area (Å²) in [6.45, 7) is 6.75. The third kappa shape index (κ3) is 3.29. The van der Waals surface area contributed by atoms with E-state index in [9.17, 15) is 0 Å². The average Bonchev–Trinajstić information content (AvgIpc) is 2.72. The third-order valence-corrected chi connectivity index (χ3v) is 5.37. The molecule has 0 amide bonds. The zero-order valence-corrected chi connectivity index (χ0v) is 17.0. The van der Waals surface area contributed by atoms with Crippen molar-refractivity contribution in [3.05, 3.63) is 90.5 Å². The van der Waals surface area contributed by atoms with Crippen molar-refractivity contribution in [3.63, 3.8) is 0 Å². The van der Waals surface area contributed by atoms with Crippen LogP contribution in [0.1, 0.15) is 26.3 Å². The third-order valence-electron chi connectivity index (χ3n) is 5.37. The van der Waals surface area contributed by atoms with Crippen molar-refractivity contribution in [1.29, 1.82) is 0 Å². The minimum Gasteiger partial charge on any atom is -0.496 e. The molecule has 28 heavy (non-hydrogen) atoms. The summed E-state index contributed by atoms with van der Waals surface area (Å²) in [5.74, 6) is 0.894. The van der Waals surface area contributed by atoms with Gasteiger partial charge < -0.3 is 4.74 Å². The van der Waals surface area contributed by atoms with Crippen molar-refractivity contribution >= 4 is 10.8 Å². The van der Waals surface area contributed by atoms with Gasteiger partial charge >= 0.3 is 0 Å². The Labute approximate surface area is 167 Å². The molecule has 140 valence electrons. The van der Waals surface area contributed by atoms with Crippen molar-refractivity contribution in [2.24, 2.45) is 0 Å². The standard InChI is InChI=1S/C27H26O/c1-27(2,3)21-16-13-20(14-17-21)26-22-10-6-5-9-19(22)15-18-24(26)23-11-7-8-12-25(23)28-4/h5-18H,1-4H3. The molecule has 0 bridgehead atoms. The van der Waals surface area contributed by atoms with Gasteiger partial charge in [0.25, 0.3) is 0 Å². The summed E-state index contributed by atoms with van der Waals surface area (Å²) in [5, 5.41) is 2.51. The number of rotatable bonds is 3. The number of para-hydroxylation sites is 1. The number of hydrogen-bond donors (Lipinski definition) is 0. The molecule has 0 saturated heterocycles. The zero-order chi connectivity index (χ0) is 19.7. The van der Waals surface area contributed by atoms with E-state index in [1.54, 1.807) is 7.11 Å². The smallest absolute Gasteiger partial charge is 0.126 e. The fourth-order valence-electron chi connectivity index (χ4n) is 3.81. The van der Waals surface area contributed by atoms with Crippen molar-refractivity contribution < 1.29 is 4.74 Å². The molecule has 1 nitrogen and oxygen atoms in total. The lowest BCUT2D eigenvalue weighted by Crippen LogP contribution is -2.10. The van der Waals surface area contributed by atoms with E-state index >= 15 is 0 Å². The van der Waals surface area contributed by atoms with E-state index in [1.165, 1.54) is 33.0 Å². The SMILES string of the molecule is COc1ccccc1-c1ccc2ccccc2c1-c1ccc(C(C)(C)C)cc1. The Morgan fingerprint density at radius 2 is 1.32 bits per heavy atom. The molecular weight excluding hydrogens is 340 g/mol. The summed E-state index contributed by atoms with van der Waals surface area (Å²) in [6.07, 6.45) is 0. The number of methoxy groups -OCH3 is 1. The number of fused-ring (bicyclic) bond motifs is 1. The minimum absolute atomic E-state index is 0.142. The second kappa shape index (κ2) is 7.16. The fourth-order valence-corrected chi connectivity index (χ4v) is 3.81. The van der Waals surface area contributed by atoms with Crippen LogP contribution < -0.4 is 4.74 Å². The lowest BCUT2D eigenvalue weighted by molar-refractivity contribution is 0.416. The van der Waals surface area contributed by atoms with Crippen LogP contribution in [0.5, 0.6) is 5.75 Å². The Balaban J connectivity index is 2.00. The van der Waals surface area contributed by atoms with Gasteiger partial charge in [-0.15, -0.1) is 0 Å². The molecule has 0 aromatic heterocycles. The first-order valence-electron chi connectivity index (χ1n) is 9.75. The molecule has 4 aromatic carbocycles. The zero-order valence-electron chi connectivity index (χ0n) is 17.0. The largest absolute Gasteiger partial charge is 0.496 e. The summed E-state index contributed by atoms with van der Waals surface area (Å²) in [5.41, 5.74) is 6.28. The van der Waals surface area contributed by atoms with Crippen LogP contribution in [0.4, 0.5) is 0 Å². The van der Waals surface area contributed by atoms with E-state index in [2.05, 4.69) is 93.6 Å². The van der Waals surface area contributed by atoms with Gasteiger partial charge in [0.15, 0.2) is 0 Å². The average molecular weight is 367 g/mol. The van der Waals surface area contributed by atoms with Gasteiger partial charge in [0.2, 0.25) is 0 Å². The molecule has 0 aliphatic heterocycles. The maximum atomic E-state index is 5.67. The molecule has 1 heteroatoms. The van der Waals surface area contributed by atoms with Crippen molar-refractivity contribution in [2.75, 3.05) is 7.11 Å². The Morgan fingerprint density at radius 3 is 2.04 bits per heavy atom. The Bertz CT molecular complexity index is 1120. The van der Waals surface area contributed by atoms with Crippen LogP contribution in [0.25, 0.3) is 33.0 Å². The van der Waals surface area contributed by atoms with Gasteiger partial charge in [-0.1, -0.05) is 99.6 Å². The monoisotopic (exact) mass is 366 g/mol. The lowest BCUT2D eigenvalue weighted by Gasteiger charge is -2.20. The summed E-state index contributed by atoms with van der Waals surface area (Å²) < 4.78 is 5.67. The lowest BCUT2D eigenvalue weighted by atomic mass is 9.84. The maximum Gasteiger partial charge on any atom is 0.126 e. The first-order chi connectivity index (χ1) is 13.5. The maximum absolute atomic E-state index is 5.67. The summed E-state index contributed by atoms with van der Waals surface area (Å²) in [4.78, 5) is 0. The minimum atomic E-state index is 0.142. The predicted molar refractivity (Wildman–Crippen MR) is 120 cm³/mol. The Kier molecular flexibility index (Phi) is 4.68. The molecule has 0 radical (unpaired) electrons. The highest BCUT2D eigenvalue weighted by atomic mass is 16.5. The van der Waals surface area contributed by atoms with Crippen LogP contribution in [0, 0.1) is 0 Å². The first kappa shape index (κ1) is 18.3. The molecule has 4 aromatic rings. The summed E-state index contributed by atoms with van der Waals surface area (Å²) >= 11 is 0. The second-order valence-electron chi connectivity index (χ2n) is 8.24. The quantitative estimate of drug-likeness (QED) is 0.365. The van der Waals surface area contributed by atoms with E-state index < -0.39 is 0 Å². The van der Waals surface area contributed by atoms with Crippen LogP contribution in [-0.4, -0.2) is 7.11 Å². The number of ether oxygens (including phenoxy) is 1. The molecule has 0 atom stereocenters. The molecule has 0 heterocycles. The molecule has 0 aliphatic rings. The van der Waals surface area contributed by atoms with E-state index in [-0.39, 0.29) is 5.41 Å². The predicted octanol–water partition coefficient (Wildman–Crippen LogP) is 7.48. The van der Waals surface area contributed by atoms with Crippen LogP contribution >= 0.6 is 0 Å². The van der Waals surface area contributed by atoms with E-state index in [4.69, 9.17) is 4.74 Å². The molecule has 0 aliphatic carbocycles.